The summed E-state index contributed by atoms with van der Waals surface area (Å²) in [5.74, 6) is 0.506. The van der Waals surface area contributed by atoms with Gasteiger partial charge in [-0.1, -0.05) is 13.8 Å². The van der Waals surface area contributed by atoms with Crippen LogP contribution in [0.25, 0.3) is 11.1 Å². The number of fused-ring (bicyclic) bond motifs is 1. The maximum absolute atomic E-state index is 15.0. The first-order valence-corrected chi connectivity index (χ1v) is 9.17. The molecule has 5 heteroatoms. The summed E-state index contributed by atoms with van der Waals surface area (Å²) in [5.41, 5.74) is 9.85. The summed E-state index contributed by atoms with van der Waals surface area (Å²) in [6.07, 6.45) is -0.705. The molecule has 0 aromatic heterocycles. The maximum atomic E-state index is 15.0. The Bertz CT molecular complexity index is 882. The molecule has 0 fully saturated rings. The van der Waals surface area contributed by atoms with Crippen LogP contribution in [0, 0.1) is 25.1 Å². The van der Waals surface area contributed by atoms with Gasteiger partial charge in [0, 0.05) is 11.0 Å². The number of benzene rings is 2. The number of carbonyl (C=O) groups is 1. The van der Waals surface area contributed by atoms with E-state index in [0.717, 1.165) is 28.0 Å². The van der Waals surface area contributed by atoms with Crippen molar-refractivity contribution in [3.8, 4) is 16.9 Å². The van der Waals surface area contributed by atoms with Crippen molar-refractivity contribution in [3.05, 3.63) is 52.3 Å². The molecule has 0 bridgehead atoms. The van der Waals surface area contributed by atoms with Crippen molar-refractivity contribution in [1.82, 2.24) is 0 Å². The molecule has 2 aromatic carbocycles. The molecule has 1 aliphatic rings. The lowest BCUT2D eigenvalue weighted by Gasteiger charge is -2.26. The standard InChI is InChI=1S/C22H26FNO3/c1-6-26-19-12(2)7-14(8-13(19)3)16-9-15-11-22(4,5)20(27-21(24)25)17(15)10-18(16)23/h7-10,20H,6,11H2,1-5H3,(H2,24,25). The second-order valence-electron chi connectivity index (χ2n) is 7.89. The van der Waals surface area contributed by atoms with Gasteiger partial charge in [0.15, 0.2) is 0 Å². The van der Waals surface area contributed by atoms with E-state index < -0.39 is 12.2 Å². The third-order valence-corrected chi connectivity index (χ3v) is 5.16. The van der Waals surface area contributed by atoms with Crippen LogP contribution >= 0.6 is 0 Å². The van der Waals surface area contributed by atoms with Crippen molar-refractivity contribution in [2.45, 2.75) is 47.1 Å². The van der Waals surface area contributed by atoms with Gasteiger partial charge < -0.3 is 15.2 Å². The highest BCUT2D eigenvalue weighted by molar-refractivity contribution is 5.70. The maximum Gasteiger partial charge on any atom is 0.405 e. The van der Waals surface area contributed by atoms with E-state index in [1.54, 1.807) is 0 Å². The van der Waals surface area contributed by atoms with Crippen molar-refractivity contribution >= 4 is 6.09 Å². The fourth-order valence-corrected chi connectivity index (χ4v) is 4.07. The molecule has 2 aromatic rings. The lowest BCUT2D eigenvalue weighted by atomic mass is 9.87. The fourth-order valence-electron chi connectivity index (χ4n) is 4.07. The van der Waals surface area contributed by atoms with E-state index in [0.29, 0.717) is 24.2 Å². The summed E-state index contributed by atoms with van der Waals surface area (Å²) in [6.45, 7) is 10.4. The predicted octanol–water partition coefficient (Wildman–Crippen LogP) is 5.23. The summed E-state index contributed by atoms with van der Waals surface area (Å²) in [6, 6.07) is 7.24. The van der Waals surface area contributed by atoms with Gasteiger partial charge in [-0.3, -0.25) is 0 Å². The van der Waals surface area contributed by atoms with Crippen LogP contribution in [-0.4, -0.2) is 12.7 Å². The van der Waals surface area contributed by atoms with Crippen LogP contribution in [0.15, 0.2) is 24.3 Å². The third-order valence-electron chi connectivity index (χ3n) is 5.16. The Kier molecular flexibility index (Phi) is 4.89. The number of amides is 1. The summed E-state index contributed by atoms with van der Waals surface area (Å²) in [5, 5.41) is 0. The zero-order chi connectivity index (χ0) is 19.9. The molecule has 0 radical (unpaired) electrons. The molecule has 0 heterocycles. The van der Waals surface area contributed by atoms with Crippen LogP contribution in [0.1, 0.15) is 49.1 Å². The van der Waals surface area contributed by atoms with Gasteiger partial charge in [0.2, 0.25) is 0 Å². The third kappa shape index (κ3) is 3.51. The Morgan fingerprint density at radius 2 is 1.85 bits per heavy atom. The minimum atomic E-state index is -0.844. The molecular weight excluding hydrogens is 345 g/mol. The number of nitrogens with two attached hydrogens (primary N) is 1. The first-order valence-electron chi connectivity index (χ1n) is 9.17. The quantitative estimate of drug-likeness (QED) is 0.801. The van der Waals surface area contributed by atoms with E-state index in [1.807, 2.05) is 52.8 Å². The Labute approximate surface area is 159 Å². The number of hydrogen-bond donors (Lipinski definition) is 1. The van der Waals surface area contributed by atoms with Gasteiger partial charge >= 0.3 is 6.09 Å². The van der Waals surface area contributed by atoms with E-state index in [2.05, 4.69) is 0 Å². The molecule has 27 heavy (non-hydrogen) atoms. The van der Waals surface area contributed by atoms with Crippen LogP contribution < -0.4 is 10.5 Å². The molecule has 4 nitrogen and oxygen atoms in total. The van der Waals surface area contributed by atoms with Crippen LogP contribution in [-0.2, 0) is 11.2 Å². The number of hydrogen-bond acceptors (Lipinski definition) is 3. The van der Waals surface area contributed by atoms with Crippen molar-refractivity contribution in [2.75, 3.05) is 6.61 Å². The minimum Gasteiger partial charge on any atom is -0.493 e. The number of aryl methyl sites for hydroxylation is 2. The first-order chi connectivity index (χ1) is 12.6. The van der Waals surface area contributed by atoms with Gasteiger partial charge in [-0.05, 0) is 79.3 Å². The smallest absolute Gasteiger partial charge is 0.405 e. The van der Waals surface area contributed by atoms with Gasteiger partial charge in [-0.15, -0.1) is 0 Å². The van der Waals surface area contributed by atoms with Gasteiger partial charge in [0.05, 0.1) is 6.61 Å². The molecule has 144 valence electrons. The highest BCUT2D eigenvalue weighted by Crippen LogP contribution is 2.49. The Balaban J connectivity index is 2.07. The zero-order valence-electron chi connectivity index (χ0n) is 16.5. The number of rotatable bonds is 4. The molecule has 0 saturated carbocycles. The molecule has 1 amide bonds. The monoisotopic (exact) mass is 371 g/mol. The Morgan fingerprint density at radius 1 is 1.22 bits per heavy atom. The topological polar surface area (TPSA) is 61.6 Å². The van der Waals surface area contributed by atoms with Crippen LogP contribution in [0.2, 0.25) is 0 Å². The molecule has 1 atom stereocenters. The number of carbonyl (C=O) groups excluding carboxylic acids is 1. The Hall–Kier alpha value is -2.56. The van der Waals surface area contributed by atoms with E-state index in [1.165, 1.54) is 6.07 Å². The normalized spacial score (nSPS) is 17.5. The second kappa shape index (κ2) is 6.87. The van der Waals surface area contributed by atoms with E-state index in [-0.39, 0.29) is 11.2 Å². The lowest BCUT2D eigenvalue weighted by molar-refractivity contribution is 0.0391. The average molecular weight is 371 g/mol. The van der Waals surface area contributed by atoms with Crippen molar-refractivity contribution in [2.24, 2.45) is 11.1 Å². The van der Waals surface area contributed by atoms with Crippen molar-refractivity contribution < 1.29 is 18.7 Å². The lowest BCUT2D eigenvalue weighted by Crippen LogP contribution is -2.25. The van der Waals surface area contributed by atoms with Gasteiger partial charge in [-0.25, -0.2) is 9.18 Å². The number of primary amides is 1. The average Bonchev–Trinajstić information content (AvgIpc) is 2.79. The van der Waals surface area contributed by atoms with Gasteiger partial charge in [-0.2, -0.15) is 0 Å². The summed E-state index contributed by atoms with van der Waals surface area (Å²) >= 11 is 0. The zero-order valence-corrected chi connectivity index (χ0v) is 16.5. The van der Waals surface area contributed by atoms with Gasteiger partial charge in [0.1, 0.15) is 17.7 Å². The first kappa shape index (κ1) is 19.2. The highest BCUT2D eigenvalue weighted by Gasteiger charge is 2.42. The van der Waals surface area contributed by atoms with E-state index in [9.17, 15) is 4.79 Å². The van der Waals surface area contributed by atoms with E-state index >= 15 is 4.39 Å². The molecule has 1 aliphatic carbocycles. The number of ether oxygens (including phenoxy) is 2. The molecular formula is C22H26FNO3. The van der Waals surface area contributed by atoms with Crippen LogP contribution in [0.4, 0.5) is 9.18 Å². The minimum absolute atomic E-state index is 0.340. The summed E-state index contributed by atoms with van der Waals surface area (Å²) < 4.78 is 26.0. The molecule has 1 unspecified atom stereocenters. The largest absolute Gasteiger partial charge is 0.493 e. The molecule has 0 saturated heterocycles. The Morgan fingerprint density at radius 3 is 2.41 bits per heavy atom. The molecule has 0 spiro atoms. The van der Waals surface area contributed by atoms with Crippen LogP contribution in [0.3, 0.4) is 0 Å². The SMILES string of the molecule is CCOc1c(C)cc(-c2cc3c(cc2F)C(OC(N)=O)C(C)(C)C3)cc1C. The predicted molar refractivity (Wildman–Crippen MR) is 103 cm³/mol. The van der Waals surface area contributed by atoms with E-state index in [4.69, 9.17) is 15.2 Å². The molecule has 2 N–H and O–H groups in total. The summed E-state index contributed by atoms with van der Waals surface area (Å²) in [4.78, 5) is 11.3. The number of halogens is 1. The molecule has 3 rings (SSSR count). The van der Waals surface area contributed by atoms with Gasteiger partial charge in [0.25, 0.3) is 0 Å². The second-order valence-corrected chi connectivity index (χ2v) is 7.89. The van der Waals surface area contributed by atoms with Crippen molar-refractivity contribution in [1.29, 1.82) is 0 Å². The summed E-state index contributed by atoms with van der Waals surface area (Å²) in [7, 11) is 0. The van der Waals surface area contributed by atoms with Crippen LogP contribution in [0.5, 0.6) is 5.75 Å². The fraction of sp³-hybridized carbons (Fsp3) is 0.409. The highest BCUT2D eigenvalue weighted by atomic mass is 19.1. The van der Waals surface area contributed by atoms with Crippen molar-refractivity contribution in [3.63, 3.8) is 0 Å². The molecule has 0 aliphatic heterocycles.